The highest BCUT2D eigenvalue weighted by atomic mass is 127. The molecule has 3 N–H and O–H groups in total. The van der Waals surface area contributed by atoms with Crippen LogP contribution in [0.5, 0.6) is 0 Å². The van der Waals surface area contributed by atoms with Crippen molar-refractivity contribution in [2.75, 3.05) is 13.1 Å². The van der Waals surface area contributed by atoms with E-state index < -0.39 is 0 Å². The molecule has 0 aliphatic rings. The monoisotopic (exact) mass is 459 g/mol. The van der Waals surface area contributed by atoms with Gasteiger partial charge in [0.2, 0.25) is 0 Å². The molecule has 0 aliphatic carbocycles. The minimum Gasteiger partial charge on any atom is -0.357 e. The summed E-state index contributed by atoms with van der Waals surface area (Å²) in [4.78, 5) is 4.69. The van der Waals surface area contributed by atoms with Gasteiger partial charge in [-0.3, -0.25) is 9.78 Å². The number of guanidine groups is 1. The molecule has 2 aromatic rings. The average molecular weight is 459 g/mol. The van der Waals surface area contributed by atoms with Gasteiger partial charge in [-0.05, 0) is 46.1 Å². The highest BCUT2D eigenvalue weighted by Crippen LogP contribution is 2.12. The van der Waals surface area contributed by atoms with Crippen LogP contribution in [-0.2, 0) is 20.0 Å². The summed E-state index contributed by atoms with van der Waals surface area (Å²) in [6, 6.07) is 0. The highest BCUT2D eigenvalue weighted by Gasteiger charge is 2.09. The molecule has 2 aromatic heterocycles. The Kier molecular flexibility index (Phi) is 8.95. The molecule has 2 rings (SSSR count). The largest absolute Gasteiger partial charge is 0.357 e. The summed E-state index contributed by atoms with van der Waals surface area (Å²) < 4.78 is 1.91. The number of H-pyrrole nitrogens is 1. The van der Waals surface area contributed by atoms with E-state index in [-0.39, 0.29) is 24.0 Å². The van der Waals surface area contributed by atoms with E-state index in [1.54, 1.807) is 0 Å². The van der Waals surface area contributed by atoms with Gasteiger partial charge in [0.05, 0.1) is 18.4 Å². The van der Waals surface area contributed by atoms with Crippen molar-refractivity contribution < 1.29 is 0 Å². The Morgan fingerprint density at radius 3 is 2.60 bits per heavy atom. The van der Waals surface area contributed by atoms with E-state index in [4.69, 9.17) is 4.99 Å². The molecular weight excluding hydrogens is 429 g/mol. The lowest BCUT2D eigenvalue weighted by molar-refractivity contribution is 0.729. The second kappa shape index (κ2) is 10.4. The molecule has 0 amide bonds. The molecule has 25 heavy (non-hydrogen) atoms. The summed E-state index contributed by atoms with van der Waals surface area (Å²) in [5, 5.41) is 18.2. The number of halogens is 1. The molecule has 0 atom stereocenters. The number of nitrogens with one attached hydrogen (secondary N) is 3. The van der Waals surface area contributed by atoms with Gasteiger partial charge >= 0.3 is 0 Å². The highest BCUT2D eigenvalue weighted by molar-refractivity contribution is 14.0. The quantitative estimate of drug-likeness (QED) is 0.257. The van der Waals surface area contributed by atoms with E-state index in [2.05, 4.69) is 46.7 Å². The van der Waals surface area contributed by atoms with Crippen molar-refractivity contribution in [2.24, 2.45) is 12.0 Å². The van der Waals surface area contributed by atoms with E-state index >= 15 is 0 Å². The van der Waals surface area contributed by atoms with Gasteiger partial charge in [0.25, 0.3) is 0 Å². The standard InChI is InChI=1S/C17H29N7.HI/c1-6-18-17(19-9-7-8-15-10-21-22-12(15)2)20-11-16-13(3)23-24(5)14(16)4;/h10H,6-9,11H2,1-5H3,(H,21,22)(H2,18,19,20);1H. The van der Waals surface area contributed by atoms with Crippen molar-refractivity contribution in [3.05, 3.63) is 34.4 Å². The molecule has 7 nitrogen and oxygen atoms in total. The molecule has 0 radical (unpaired) electrons. The molecule has 0 saturated heterocycles. The molecular formula is C17H30IN7. The number of aromatic amines is 1. The van der Waals surface area contributed by atoms with Gasteiger partial charge in [-0.1, -0.05) is 0 Å². The fraction of sp³-hybridized carbons (Fsp3) is 0.588. The maximum atomic E-state index is 4.69. The zero-order chi connectivity index (χ0) is 17.5. The molecule has 0 saturated carbocycles. The zero-order valence-corrected chi connectivity index (χ0v) is 18.1. The van der Waals surface area contributed by atoms with Crippen LogP contribution in [-0.4, -0.2) is 39.0 Å². The molecule has 0 fully saturated rings. The summed E-state index contributed by atoms with van der Waals surface area (Å²) in [5.74, 6) is 0.851. The minimum atomic E-state index is 0. The first-order valence-corrected chi connectivity index (χ1v) is 8.53. The van der Waals surface area contributed by atoms with Crippen molar-refractivity contribution >= 4 is 29.9 Å². The number of hydrogen-bond acceptors (Lipinski definition) is 3. The summed E-state index contributed by atoms with van der Waals surface area (Å²) >= 11 is 0. The van der Waals surface area contributed by atoms with Crippen molar-refractivity contribution in [1.82, 2.24) is 30.6 Å². The van der Waals surface area contributed by atoms with Crippen LogP contribution in [0.2, 0.25) is 0 Å². The van der Waals surface area contributed by atoms with E-state index in [0.717, 1.165) is 43.3 Å². The van der Waals surface area contributed by atoms with Gasteiger partial charge in [0, 0.05) is 37.1 Å². The molecule has 0 aromatic carbocycles. The second-order valence-corrected chi connectivity index (χ2v) is 6.02. The first kappa shape index (κ1) is 21.5. The average Bonchev–Trinajstić information content (AvgIpc) is 3.05. The van der Waals surface area contributed by atoms with Crippen molar-refractivity contribution in [3.8, 4) is 0 Å². The number of rotatable bonds is 7. The van der Waals surface area contributed by atoms with Crippen LogP contribution < -0.4 is 10.6 Å². The molecule has 0 aliphatic heterocycles. The lowest BCUT2D eigenvalue weighted by atomic mass is 10.1. The summed E-state index contributed by atoms with van der Waals surface area (Å²) in [5.41, 5.74) is 5.84. The van der Waals surface area contributed by atoms with Crippen LogP contribution in [0.4, 0.5) is 0 Å². The van der Waals surface area contributed by atoms with Gasteiger partial charge in [0.15, 0.2) is 5.96 Å². The van der Waals surface area contributed by atoms with Crippen molar-refractivity contribution in [2.45, 2.75) is 47.1 Å². The zero-order valence-electron chi connectivity index (χ0n) is 15.8. The maximum absolute atomic E-state index is 4.69. The number of hydrogen-bond donors (Lipinski definition) is 3. The number of aromatic nitrogens is 4. The Morgan fingerprint density at radius 2 is 2.04 bits per heavy atom. The molecule has 2 heterocycles. The van der Waals surface area contributed by atoms with E-state index in [1.165, 1.54) is 16.8 Å². The maximum Gasteiger partial charge on any atom is 0.191 e. The third kappa shape index (κ3) is 6.02. The molecule has 0 bridgehead atoms. The van der Waals surface area contributed by atoms with Crippen LogP contribution in [0.25, 0.3) is 0 Å². The Labute approximate surface area is 167 Å². The molecule has 0 spiro atoms. The SMILES string of the molecule is CCNC(=NCc1c(C)nn(C)c1C)NCCCc1cn[nH]c1C.I. The number of nitrogens with zero attached hydrogens (tertiary/aromatic N) is 4. The Hall–Kier alpha value is -1.58. The lowest BCUT2D eigenvalue weighted by Crippen LogP contribution is -2.37. The first-order valence-electron chi connectivity index (χ1n) is 8.53. The van der Waals surface area contributed by atoms with E-state index in [0.29, 0.717) is 6.54 Å². The number of aliphatic imine (C=N–C) groups is 1. The Balaban J connectivity index is 0.00000312. The van der Waals surface area contributed by atoms with Crippen LogP contribution in [0.3, 0.4) is 0 Å². The Bertz CT molecular complexity index is 687. The molecule has 8 heteroatoms. The molecule has 140 valence electrons. The first-order chi connectivity index (χ1) is 11.5. The third-order valence-corrected chi connectivity index (χ3v) is 4.25. The normalized spacial score (nSPS) is 11.3. The second-order valence-electron chi connectivity index (χ2n) is 6.02. The predicted octanol–water partition coefficient (Wildman–Crippen LogP) is 2.37. The van der Waals surface area contributed by atoms with Crippen molar-refractivity contribution in [3.63, 3.8) is 0 Å². The van der Waals surface area contributed by atoms with Gasteiger partial charge in [-0.2, -0.15) is 10.2 Å². The van der Waals surface area contributed by atoms with Crippen molar-refractivity contribution in [1.29, 1.82) is 0 Å². The van der Waals surface area contributed by atoms with Crippen LogP contribution in [0.15, 0.2) is 11.2 Å². The van der Waals surface area contributed by atoms with Gasteiger partial charge in [0.1, 0.15) is 0 Å². The smallest absolute Gasteiger partial charge is 0.191 e. The fourth-order valence-corrected chi connectivity index (χ4v) is 2.66. The fourth-order valence-electron chi connectivity index (χ4n) is 2.66. The van der Waals surface area contributed by atoms with Gasteiger partial charge < -0.3 is 10.6 Å². The van der Waals surface area contributed by atoms with Gasteiger partial charge in [-0.25, -0.2) is 4.99 Å². The molecule has 0 unspecified atom stereocenters. The Morgan fingerprint density at radius 1 is 1.28 bits per heavy atom. The number of aryl methyl sites for hydroxylation is 4. The summed E-state index contributed by atoms with van der Waals surface area (Å²) in [6.07, 6.45) is 3.95. The lowest BCUT2D eigenvalue weighted by Gasteiger charge is -2.11. The third-order valence-electron chi connectivity index (χ3n) is 4.25. The minimum absolute atomic E-state index is 0. The van der Waals surface area contributed by atoms with Crippen LogP contribution in [0.1, 0.15) is 41.6 Å². The predicted molar refractivity (Wildman–Crippen MR) is 113 cm³/mol. The van der Waals surface area contributed by atoms with Gasteiger partial charge in [-0.15, -0.1) is 24.0 Å². The van der Waals surface area contributed by atoms with E-state index in [9.17, 15) is 0 Å². The van der Waals surface area contributed by atoms with Crippen LogP contribution >= 0.6 is 24.0 Å². The summed E-state index contributed by atoms with van der Waals surface area (Å²) in [6.45, 7) is 10.6. The topological polar surface area (TPSA) is 82.9 Å². The summed E-state index contributed by atoms with van der Waals surface area (Å²) in [7, 11) is 1.97. The van der Waals surface area contributed by atoms with Crippen LogP contribution in [0, 0.1) is 20.8 Å². The van der Waals surface area contributed by atoms with E-state index in [1.807, 2.05) is 24.9 Å².